The Morgan fingerprint density at radius 1 is 1.22 bits per heavy atom. The molecule has 96 valence electrons. The molecule has 0 amide bonds. The van der Waals surface area contributed by atoms with Gasteiger partial charge in [0.2, 0.25) is 0 Å². The van der Waals surface area contributed by atoms with Crippen molar-refractivity contribution in [2.75, 3.05) is 6.54 Å². The van der Waals surface area contributed by atoms with Crippen molar-refractivity contribution in [1.82, 2.24) is 0 Å². The van der Waals surface area contributed by atoms with Gasteiger partial charge in [-0.2, -0.15) is 0 Å². The molecule has 0 saturated heterocycles. The van der Waals surface area contributed by atoms with Crippen LogP contribution in [-0.2, 0) is 5.41 Å². The molecule has 2 spiro atoms. The monoisotopic (exact) mass is 245 g/mol. The number of fused-ring (bicyclic) bond motifs is 3. The Kier molecular flexibility index (Phi) is 2.05. The lowest BCUT2D eigenvalue weighted by molar-refractivity contribution is 0.278. The Morgan fingerprint density at radius 2 is 2.00 bits per heavy atom. The molecular formula is C16H20FN. The highest BCUT2D eigenvalue weighted by Gasteiger charge is 2.69. The fraction of sp³-hybridized carbons (Fsp3) is 0.625. The second kappa shape index (κ2) is 3.36. The molecule has 0 radical (unpaired) electrons. The Bertz CT molecular complexity index is 500. The number of nitrogens with two attached hydrogens (primary N) is 1. The van der Waals surface area contributed by atoms with Crippen LogP contribution in [0.4, 0.5) is 4.39 Å². The Morgan fingerprint density at radius 3 is 2.61 bits per heavy atom. The summed E-state index contributed by atoms with van der Waals surface area (Å²) in [7, 11) is 0. The van der Waals surface area contributed by atoms with Crippen LogP contribution >= 0.6 is 0 Å². The third-order valence-electron chi connectivity index (χ3n) is 5.74. The Balaban J connectivity index is 1.89. The molecule has 2 heteroatoms. The highest BCUT2D eigenvalue weighted by atomic mass is 19.1. The van der Waals surface area contributed by atoms with Gasteiger partial charge in [-0.05, 0) is 73.6 Å². The topological polar surface area (TPSA) is 26.0 Å². The maximum atomic E-state index is 14.4. The second-order valence-corrected chi connectivity index (χ2v) is 6.54. The van der Waals surface area contributed by atoms with Gasteiger partial charge < -0.3 is 5.73 Å². The van der Waals surface area contributed by atoms with Gasteiger partial charge >= 0.3 is 0 Å². The van der Waals surface area contributed by atoms with E-state index in [2.05, 4.69) is 6.07 Å². The minimum Gasteiger partial charge on any atom is -0.330 e. The van der Waals surface area contributed by atoms with E-state index in [0.29, 0.717) is 17.9 Å². The Hall–Kier alpha value is -0.890. The average Bonchev–Trinajstić information content (AvgIpc) is 3.21. The molecule has 18 heavy (non-hydrogen) atoms. The van der Waals surface area contributed by atoms with Gasteiger partial charge in [-0.15, -0.1) is 0 Å². The van der Waals surface area contributed by atoms with Crippen LogP contribution in [0.5, 0.6) is 0 Å². The van der Waals surface area contributed by atoms with Crippen LogP contribution in [0.25, 0.3) is 0 Å². The molecule has 1 atom stereocenters. The van der Waals surface area contributed by atoms with Crippen molar-refractivity contribution >= 4 is 0 Å². The van der Waals surface area contributed by atoms with Crippen LogP contribution in [0.2, 0.25) is 0 Å². The van der Waals surface area contributed by atoms with Crippen molar-refractivity contribution < 1.29 is 4.39 Å². The third kappa shape index (κ3) is 1.20. The van der Waals surface area contributed by atoms with Crippen LogP contribution in [0.15, 0.2) is 18.2 Å². The summed E-state index contributed by atoms with van der Waals surface area (Å²) in [5.74, 6) is 0.535. The molecule has 3 aliphatic rings. The first-order valence-electron chi connectivity index (χ1n) is 7.21. The van der Waals surface area contributed by atoms with E-state index in [4.69, 9.17) is 5.73 Å². The first kappa shape index (κ1) is 11.0. The van der Waals surface area contributed by atoms with Gasteiger partial charge in [0.15, 0.2) is 0 Å². The lowest BCUT2D eigenvalue weighted by Crippen LogP contribution is -2.33. The summed E-state index contributed by atoms with van der Waals surface area (Å²) in [6, 6.07) is 5.67. The minimum absolute atomic E-state index is 0.0398. The van der Waals surface area contributed by atoms with E-state index in [9.17, 15) is 4.39 Å². The number of rotatable bonds is 2. The van der Waals surface area contributed by atoms with Crippen molar-refractivity contribution in [2.45, 2.75) is 49.9 Å². The summed E-state index contributed by atoms with van der Waals surface area (Å²) >= 11 is 0. The second-order valence-electron chi connectivity index (χ2n) is 6.54. The van der Waals surface area contributed by atoms with E-state index < -0.39 is 0 Å². The fourth-order valence-electron chi connectivity index (χ4n) is 4.63. The molecule has 0 aliphatic heterocycles. The number of hydrogen-bond acceptors (Lipinski definition) is 1. The summed E-state index contributed by atoms with van der Waals surface area (Å²) in [5, 5.41) is 0. The lowest BCUT2D eigenvalue weighted by Gasteiger charge is -2.39. The summed E-state index contributed by atoms with van der Waals surface area (Å²) in [6.07, 6.45) is 7.28. The molecular weight excluding hydrogens is 225 g/mol. The fourth-order valence-corrected chi connectivity index (χ4v) is 4.63. The normalized spacial score (nSPS) is 29.3. The molecule has 1 aromatic rings. The maximum absolute atomic E-state index is 14.4. The van der Waals surface area contributed by atoms with Gasteiger partial charge in [0.1, 0.15) is 5.82 Å². The largest absolute Gasteiger partial charge is 0.330 e. The molecule has 1 unspecified atom stereocenters. The van der Waals surface area contributed by atoms with Crippen molar-refractivity contribution in [1.29, 1.82) is 0 Å². The van der Waals surface area contributed by atoms with Gasteiger partial charge in [-0.3, -0.25) is 0 Å². The first-order chi connectivity index (χ1) is 8.72. The number of halogens is 1. The van der Waals surface area contributed by atoms with E-state index in [1.54, 1.807) is 6.07 Å². The molecule has 2 N–H and O–H groups in total. The zero-order valence-corrected chi connectivity index (χ0v) is 10.7. The van der Waals surface area contributed by atoms with Gasteiger partial charge in [0, 0.05) is 5.41 Å². The molecule has 0 bridgehead atoms. The molecule has 0 aromatic heterocycles. The van der Waals surface area contributed by atoms with Crippen LogP contribution in [0, 0.1) is 11.2 Å². The molecule has 3 aliphatic carbocycles. The van der Waals surface area contributed by atoms with Gasteiger partial charge in [0.25, 0.3) is 0 Å². The predicted molar refractivity (Wildman–Crippen MR) is 70.0 cm³/mol. The maximum Gasteiger partial charge on any atom is 0.127 e. The van der Waals surface area contributed by atoms with Gasteiger partial charge in [-0.1, -0.05) is 12.1 Å². The van der Waals surface area contributed by atoms with E-state index in [0.717, 1.165) is 12.0 Å². The van der Waals surface area contributed by atoms with Crippen molar-refractivity contribution in [3.63, 3.8) is 0 Å². The smallest absolute Gasteiger partial charge is 0.127 e. The quantitative estimate of drug-likeness (QED) is 0.848. The van der Waals surface area contributed by atoms with Crippen molar-refractivity contribution in [2.24, 2.45) is 11.1 Å². The zero-order chi connectivity index (χ0) is 12.4. The van der Waals surface area contributed by atoms with Gasteiger partial charge in [-0.25, -0.2) is 4.39 Å². The standard InChI is InChI=1S/C16H20FN/c17-13-3-1-2-12-11(4-9-18)10-15(5-6-15)16(7-8-16)14(12)13/h1-3,11H,4-10,18H2. The van der Waals surface area contributed by atoms with Crippen LogP contribution < -0.4 is 5.73 Å². The summed E-state index contributed by atoms with van der Waals surface area (Å²) in [6.45, 7) is 0.712. The van der Waals surface area contributed by atoms with E-state index in [1.807, 2.05) is 6.07 Å². The Labute approximate surface area is 108 Å². The highest BCUT2D eigenvalue weighted by molar-refractivity contribution is 5.49. The highest BCUT2D eigenvalue weighted by Crippen LogP contribution is 2.76. The minimum atomic E-state index is 0.0398. The summed E-state index contributed by atoms with van der Waals surface area (Å²) in [4.78, 5) is 0. The molecule has 2 saturated carbocycles. The average molecular weight is 245 g/mol. The van der Waals surface area contributed by atoms with Crippen LogP contribution in [0.3, 0.4) is 0 Å². The van der Waals surface area contributed by atoms with Crippen molar-refractivity contribution in [3.05, 3.63) is 35.1 Å². The number of hydrogen-bond donors (Lipinski definition) is 1. The van der Waals surface area contributed by atoms with Crippen LogP contribution in [-0.4, -0.2) is 6.54 Å². The number of benzene rings is 1. The molecule has 0 heterocycles. The summed E-state index contributed by atoms with van der Waals surface area (Å²) < 4.78 is 14.4. The van der Waals surface area contributed by atoms with Crippen molar-refractivity contribution in [3.8, 4) is 0 Å². The lowest BCUT2D eigenvalue weighted by atomic mass is 9.64. The zero-order valence-electron chi connectivity index (χ0n) is 10.7. The van der Waals surface area contributed by atoms with E-state index in [-0.39, 0.29) is 11.2 Å². The SMILES string of the molecule is NCCC1CC2(CC2)C2(CC2)c2c(F)cccc21. The molecule has 1 aromatic carbocycles. The molecule has 2 fully saturated rings. The van der Waals surface area contributed by atoms with Gasteiger partial charge in [0.05, 0.1) is 0 Å². The predicted octanol–water partition coefficient (Wildman–Crippen LogP) is 3.47. The molecule has 1 nitrogen and oxygen atoms in total. The van der Waals surface area contributed by atoms with E-state index >= 15 is 0 Å². The van der Waals surface area contributed by atoms with Crippen LogP contribution in [0.1, 0.15) is 55.6 Å². The van der Waals surface area contributed by atoms with E-state index in [1.165, 1.54) is 37.7 Å². The molecule has 4 rings (SSSR count). The first-order valence-corrected chi connectivity index (χ1v) is 7.21. The third-order valence-corrected chi connectivity index (χ3v) is 5.74. The summed E-state index contributed by atoms with van der Waals surface area (Å²) in [5.41, 5.74) is 8.77.